The van der Waals surface area contributed by atoms with Gasteiger partial charge in [-0.1, -0.05) is 32.0 Å². The lowest BCUT2D eigenvalue weighted by Gasteiger charge is -2.39. The molecule has 1 aromatic rings. The highest BCUT2D eigenvalue weighted by Crippen LogP contribution is 2.48. The lowest BCUT2D eigenvalue weighted by molar-refractivity contribution is -0.385. The second-order valence-electron chi connectivity index (χ2n) is 8.37. The summed E-state index contributed by atoms with van der Waals surface area (Å²) < 4.78 is 10.3. The molecule has 1 atom stereocenters. The predicted octanol–water partition coefficient (Wildman–Crippen LogP) is 3.39. The van der Waals surface area contributed by atoms with Crippen molar-refractivity contribution in [1.82, 2.24) is 5.32 Å². The SMILES string of the molecule is COCCOC(=O)C1=C(C)NC2=C(C(=O)CC(C)(C)C2)C1c1ccccc1[N+](=O)[O-]. The van der Waals surface area contributed by atoms with E-state index in [-0.39, 0.29) is 35.7 Å². The number of benzene rings is 1. The molecule has 0 bridgehead atoms. The van der Waals surface area contributed by atoms with Crippen LogP contribution in [0.4, 0.5) is 5.69 Å². The van der Waals surface area contributed by atoms with Gasteiger partial charge in [0.1, 0.15) is 6.61 Å². The molecule has 8 heteroatoms. The molecule has 0 amide bonds. The Bertz CT molecular complexity index is 960. The molecule has 1 N–H and O–H groups in total. The fraction of sp³-hybridized carbons (Fsp3) is 0.455. The van der Waals surface area contributed by atoms with E-state index < -0.39 is 16.8 Å². The summed E-state index contributed by atoms with van der Waals surface area (Å²) in [6.07, 6.45) is 0.907. The lowest BCUT2D eigenvalue weighted by Crippen LogP contribution is -2.39. The van der Waals surface area contributed by atoms with Gasteiger partial charge in [-0.25, -0.2) is 4.79 Å². The summed E-state index contributed by atoms with van der Waals surface area (Å²) in [6.45, 7) is 6.00. The fourth-order valence-electron chi connectivity index (χ4n) is 4.21. The Kier molecular flexibility index (Phi) is 6.07. The molecule has 0 aromatic heterocycles. The Hall–Kier alpha value is -3.00. The van der Waals surface area contributed by atoms with Gasteiger partial charge in [0.05, 0.1) is 23.0 Å². The average Bonchev–Trinajstić information content (AvgIpc) is 2.65. The summed E-state index contributed by atoms with van der Waals surface area (Å²) >= 11 is 0. The van der Waals surface area contributed by atoms with E-state index in [1.54, 1.807) is 25.1 Å². The zero-order valence-electron chi connectivity index (χ0n) is 17.6. The van der Waals surface area contributed by atoms with E-state index in [9.17, 15) is 19.7 Å². The Balaban J connectivity index is 2.17. The zero-order chi connectivity index (χ0) is 22.1. The molecule has 1 unspecified atom stereocenters. The van der Waals surface area contributed by atoms with Gasteiger partial charge in [-0.05, 0) is 18.8 Å². The van der Waals surface area contributed by atoms with E-state index in [4.69, 9.17) is 9.47 Å². The van der Waals surface area contributed by atoms with Crippen molar-refractivity contribution in [3.63, 3.8) is 0 Å². The van der Waals surface area contributed by atoms with Crippen LogP contribution in [0.3, 0.4) is 0 Å². The van der Waals surface area contributed by atoms with Crippen molar-refractivity contribution < 1.29 is 24.0 Å². The number of nitro groups is 1. The molecule has 0 saturated carbocycles. The van der Waals surface area contributed by atoms with E-state index >= 15 is 0 Å². The summed E-state index contributed by atoms with van der Waals surface area (Å²) in [6, 6.07) is 6.22. The number of ether oxygens (including phenoxy) is 2. The maximum atomic E-state index is 13.2. The molecular weight excluding hydrogens is 388 g/mol. The van der Waals surface area contributed by atoms with Gasteiger partial charge in [-0.15, -0.1) is 0 Å². The van der Waals surface area contributed by atoms with Crippen molar-refractivity contribution in [3.8, 4) is 0 Å². The molecule has 1 aromatic carbocycles. The zero-order valence-corrected chi connectivity index (χ0v) is 17.6. The smallest absolute Gasteiger partial charge is 0.336 e. The number of nitrogens with one attached hydrogen (secondary N) is 1. The summed E-state index contributed by atoms with van der Waals surface area (Å²) in [7, 11) is 1.50. The van der Waals surface area contributed by atoms with Gasteiger partial charge in [0, 0.05) is 42.1 Å². The first-order valence-electron chi connectivity index (χ1n) is 9.79. The van der Waals surface area contributed by atoms with E-state index in [2.05, 4.69) is 5.32 Å². The third kappa shape index (κ3) is 4.14. The van der Waals surface area contributed by atoms with Crippen LogP contribution < -0.4 is 5.32 Å². The third-order valence-electron chi connectivity index (χ3n) is 5.42. The number of hydrogen-bond donors (Lipinski definition) is 1. The van der Waals surface area contributed by atoms with Crippen LogP contribution in [-0.2, 0) is 19.1 Å². The number of nitrogens with zero attached hydrogens (tertiary/aromatic N) is 1. The van der Waals surface area contributed by atoms with Crippen molar-refractivity contribution >= 4 is 17.4 Å². The number of carbonyl (C=O) groups excluding carboxylic acids is 2. The van der Waals surface area contributed by atoms with Gasteiger partial charge in [-0.3, -0.25) is 14.9 Å². The number of nitro benzene ring substituents is 1. The molecule has 3 rings (SSSR count). The average molecular weight is 414 g/mol. The number of allylic oxidation sites excluding steroid dienone is 3. The first-order valence-corrected chi connectivity index (χ1v) is 9.79. The number of rotatable bonds is 6. The summed E-state index contributed by atoms with van der Waals surface area (Å²) in [5.41, 5.74) is 1.80. The Morgan fingerprint density at radius 1 is 1.27 bits per heavy atom. The Morgan fingerprint density at radius 2 is 1.97 bits per heavy atom. The topological polar surface area (TPSA) is 108 Å². The first-order chi connectivity index (χ1) is 14.2. The summed E-state index contributed by atoms with van der Waals surface area (Å²) in [4.78, 5) is 37.4. The van der Waals surface area contributed by atoms with Crippen LogP contribution >= 0.6 is 0 Å². The Labute approximate surface area is 175 Å². The number of esters is 1. The minimum absolute atomic E-state index is 0.0442. The standard InChI is InChI=1S/C22H26N2O6/c1-13-18(21(26)30-10-9-29-4)19(14-7-5-6-8-16(14)24(27)28)20-15(23-13)11-22(2,3)12-17(20)25/h5-8,19,23H,9-12H2,1-4H3. The van der Waals surface area contributed by atoms with Gasteiger partial charge < -0.3 is 14.8 Å². The molecular formula is C22H26N2O6. The number of methoxy groups -OCH3 is 1. The molecule has 0 spiro atoms. The number of hydrogen-bond acceptors (Lipinski definition) is 7. The summed E-state index contributed by atoms with van der Waals surface area (Å²) in [5, 5.41) is 14.9. The quantitative estimate of drug-likeness (QED) is 0.329. The van der Waals surface area contributed by atoms with Crippen molar-refractivity contribution in [1.29, 1.82) is 0 Å². The van der Waals surface area contributed by atoms with Crippen molar-refractivity contribution in [2.75, 3.05) is 20.3 Å². The van der Waals surface area contributed by atoms with E-state index in [1.165, 1.54) is 13.2 Å². The normalized spacial score (nSPS) is 20.5. The first kappa shape index (κ1) is 21.7. The van der Waals surface area contributed by atoms with Crippen molar-refractivity contribution in [2.24, 2.45) is 5.41 Å². The number of dihydropyridines is 1. The molecule has 0 fully saturated rings. The highest BCUT2D eigenvalue weighted by Gasteiger charge is 2.44. The van der Waals surface area contributed by atoms with Crippen LogP contribution in [0, 0.1) is 15.5 Å². The molecule has 0 saturated heterocycles. The van der Waals surface area contributed by atoms with Gasteiger partial charge in [0.25, 0.3) is 5.69 Å². The molecule has 160 valence electrons. The fourth-order valence-corrected chi connectivity index (χ4v) is 4.21. The van der Waals surface area contributed by atoms with Crippen LogP contribution in [0.25, 0.3) is 0 Å². The van der Waals surface area contributed by atoms with Crippen LogP contribution in [0.5, 0.6) is 0 Å². The maximum absolute atomic E-state index is 13.2. The number of ketones is 1. The van der Waals surface area contributed by atoms with Gasteiger partial charge in [0.2, 0.25) is 0 Å². The van der Waals surface area contributed by atoms with Crippen molar-refractivity contribution in [3.05, 3.63) is 62.5 Å². The second-order valence-corrected chi connectivity index (χ2v) is 8.37. The molecule has 0 radical (unpaired) electrons. The minimum Gasteiger partial charge on any atom is -0.460 e. The molecule has 1 heterocycles. The summed E-state index contributed by atoms with van der Waals surface area (Å²) in [5.74, 6) is -1.60. The van der Waals surface area contributed by atoms with Crippen molar-refractivity contribution in [2.45, 2.75) is 39.5 Å². The van der Waals surface area contributed by atoms with Gasteiger partial charge in [0.15, 0.2) is 5.78 Å². The molecule has 1 aliphatic carbocycles. The lowest BCUT2D eigenvalue weighted by atomic mass is 9.68. The van der Waals surface area contributed by atoms with Crippen LogP contribution in [-0.4, -0.2) is 37.0 Å². The van der Waals surface area contributed by atoms with Crippen LogP contribution in [0.15, 0.2) is 46.8 Å². The second kappa shape index (κ2) is 8.39. The van der Waals surface area contributed by atoms with E-state index in [1.807, 2.05) is 13.8 Å². The molecule has 2 aliphatic rings. The highest BCUT2D eigenvalue weighted by atomic mass is 16.6. The van der Waals surface area contributed by atoms with Crippen LogP contribution in [0.2, 0.25) is 0 Å². The largest absolute Gasteiger partial charge is 0.460 e. The predicted molar refractivity (Wildman–Crippen MR) is 110 cm³/mol. The number of para-hydroxylation sites is 1. The monoisotopic (exact) mass is 414 g/mol. The number of carbonyl (C=O) groups is 2. The molecule has 30 heavy (non-hydrogen) atoms. The number of Topliss-reactive ketones (excluding diaryl/α,β-unsaturated/α-hetero) is 1. The van der Waals surface area contributed by atoms with Gasteiger partial charge >= 0.3 is 5.97 Å². The maximum Gasteiger partial charge on any atom is 0.336 e. The molecule has 1 aliphatic heterocycles. The van der Waals surface area contributed by atoms with Crippen LogP contribution in [0.1, 0.15) is 45.1 Å². The highest BCUT2D eigenvalue weighted by molar-refractivity contribution is 6.04. The Morgan fingerprint density at radius 3 is 2.63 bits per heavy atom. The minimum atomic E-state index is -0.860. The van der Waals surface area contributed by atoms with Gasteiger partial charge in [-0.2, -0.15) is 0 Å². The molecule has 8 nitrogen and oxygen atoms in total. The third-order valence-corrected chi connectivity index (χ3v) is 5.42. The van der Waals surface area contributed by atoms with E-state index in [0.29, 0.717) is 35.4 Å². The van der Waals surface area contributed by atoms with E-state index in [0.717, 1.165) is 0 Å².